The molecule has 2 heterocycles. The Morgan fingerprint density at radius 3 is 3.20 bits per heavy atom. The van der Waals surface area contributed by atoms with Gasteiger partial charge >= 0.3 is 0 Å². The summed E-state index contributed by atoms with van der Waals surface area (Å²) in [5, 5.41) is 3.35. The van der Waals surface area contributed by atoms with Crippen molar-refractivity contribution in [2.45, 2.75) is 26.2 Å². The number of thiazole rings is 1. The first-order chi connectivity index (χ1) is 7.33. The first-order valence-corrected chi connectivity index (χ1v) is 7.00. The molecule has 1 unspecified atom stereocenters. The second-order valence-corrected chi connectivity index (χ2v) is 5.23. The van der Waals surface area contributed by atoms with E-state index in [9.17, 15) is 0 Å². The van der Waals surface area contributed by atoms with Crippen molar-refractivity contribution in [3.63, 3.8) is 0 Å². The molecule has 1 aliphatic rings. The minimum atomic E-state index is 0.648. The van der Waals surface area contributed by atoms with Crippen LogP contribution in [0.5, 0.6) is 0 Å². The Bertz CT molecular complexity index is 313. The molecule has 0 spiro atoms. The largest absolute Gasteiger partial charge is 0.348 e. The SMILES string of the molecule is CCc1csc(N2CCCC(CCl)C2)n1. The van der Waals surface area contributed by atoms with Crippen LogP contribution in [0.25, 0.3) is 0 Å². The van der Waals surface area contributed by atoms with Crippen LogP contribution in [-0.2, 0) is 6.42 Å². The Balaban J connectivity index is 2.03. The van der Waals surface area contributed by atoms with E-state index in [4.69, 9.17) is 11.6 Å². The number of aromatic nitrogens is 1. The molecule has 1 aromatic rings. The average molecular weight is 245 g/mol. The molecule has 2 nitrogen and oxygen atoms in total. The summed E-state index contributed by atoms with van der Waals surface area (Å²) in [5.41, 5.74) is 1.21. The van der Waals surface area contributed by atoms with Gasteiger partial charge in [0.15, 0.2) is 5.13 Å². The highest BCUT2D eigenvalue weighted by Gasteiger charge is 2.21. The van der Waals surface area contributed by atoms with Crippen molar-refractivity contribution in [1.82, 2.24) is 4.98 Å². The standard InChI is InChI=1S/C11H17ClN2S/c1-2-10-8-15-11(13-10)14-5-3-4-9(6-12)7-14/h8-9H,2-7H2,1H3. The molecule has 0 N–H and O–H groups in total. The van der Waals surface area contributed by atoms with Crippen LogP contribution in [0.15, 0.2) is 5.38 Å². The smallest absolute Gasteiger partial charge is 0.185 e. The lowest BCUT2D eigenvalue weighted by atomic mass is 10.0. The van der Waals surface area contributed by atoms with E-state index < -0.39 is 0 Å². The van der Waals surface area contributed by atoms with Gasteiger partial charge in [-0.05, 0) is 25.2 Å². The van der Waals surface area contributed by atoms with E-state index >= 15 is 0 Å². The summed E-state index contributed by atoms with van der Waals surface area (Å²) in [4.78, 5) is 7.01. The van der Waals surface area contributed by atoms with Crippen molar-refractivity contribution in [1.29, 1.82) is 0 Å². The number of piperidine rings is 1. The monoisotopic (exact) mass is 244 g/mol. The Hall–Kier alpha value is -0.280. The van der Waals surface area contributed by atoms with Gasteiger partial charge in [-0.15, -0.1) is 22.9 Å². The van der Waals surface area contributed by atoms with E-state index in [1.54, 1.807) is 11.3 Å². The number of nitrogens with zero attached hydrogens (tertiary/aromatic N) is 2. The van der Waals surface area contributed by atoms with Crippen LogP contribution < -0.4 is 4.90 Å². The molecule has 15 heavy (non-hydrogen) atoms. The lowest BCUT2D eigenvalue weighted by molar-refractivity contribution is 0.450. The molecule has 84 valence electrons. The van der Waals surface area contributed by atoms with E-state index in [-0.39, 0.29) is 0 Å². The molecule has 0 radical (unpaired) electrons. The van der Waals surface area contributed by atoms with Crippen LogP contribution in [0.1, 0.15) is 25.5 Å². The highest BCUT2D eigenvalue weighted by Crippen LogP contribution is 2.26. The van der Waals surface area contributed by atoms with Crippen molar-refractivity contribution >= 4 is 28.1 Å². The maximum Gasteiger partial charge on any atom is 0.185 e. The first kappa shape index (κ1) is 11.2. The second-order valence-electron chi connectivity index (χ2n) is 4.08. The van der Waals surface area contributed by atoms with Gasteiger partial charge in [-0.1, -0.05) is 6.92 Å². The molecule has 1 atom stereocenters. The van der Waals surface area contributed by atoms with Crippen LogP contribution in [0, 0.1) is 5.92 Å². The summed E-state index contributed by atoms with van der Waals surface area (Å²) in [6.45, 7) is 4.38. The van der Waals surface area contributed by atoms with E-state index in [1.165, 1.54) is 23.7 Å². The summed E-state index contributed by atoms with van der Waals surface area (Å²) in [6.07, 6.45) is 3.55. The third-order valence-electron chi connectivity index (χ3n) is 2.91. The fourth-order valence-electron chi connectivity index (χ4n) is 1.97. The molecular formula is C11H17ClN2S. The minimum Gasteiger partial charge on any atom is -0.348 e. The Morgan fingerprint density at radius 1 is 1.67 bits per heavy atom. The zero-order chi connectivity index (χ0) is 10.7. The molecule has 0 saturated carbocycles. The summed E-state index contributed by atoms with van der Waals surface area (Å²) >= 11 is 7.69. The van der Waals surface area contributed by atoms with Crippen LogP contribution in [-0.4, -0.2) is 24.0 Å². The molecule has 4 heteroatoms. The van der Waals surface area contributed by atoms with Gasteiger partial charge < -0.3 is 4.90 Å². The summed E-state index contributed by atoms with van der Waals surface area (Å²) in [6, 6.07) is 0. The fraction of sp³-hybridized carbons (Fsp3) is 0.727. The van der Waals surface area contributed by atoms with E-state index in [0.717, 1.165) is 25.4 Å². The lowest BCUT2D eigenvalue weighted by Crippen LogP contribution is -2.36. The zero-order valence-corrected chi connectivity index (χ0v) is 10.7. The predicted molar refractivity (Wildman–Crippen MR) is 67.1 cm³/mol. The number of aryl methyl sites for hydroxylation is 1. The van der Waals surface area contributed by atoms with Gasteiger partial charge in [0.2, 0.25) is 0 Å². The summed E-state index contributed by atoms with van der Waals surface area (Å²) < 4.78 is 0. The Morgan fingerprint density at radius 2 is 2.53 bits per heavy atom. The van der Waals surface area contributed by atoms with E-state index in [1.807, 2.05) is 0 Å². The van der Waals surface area contributed by atoms with Crippen LogP contribution in [0.3, 0.4) is 0 Å². The molecule has 0 aromatic carbocycles. The quantitative estimate of drug-likeness (QED) is 0.760. The highest BCUT2D eigenvalue weighted by atomic mass is 35.5. The van der Waals surface area contributed by atoms with Gasteiger partial charge in [-0.25, -0.2) is 4.98 Å². The van der Waals surface area contributed by atoms with Gasteiger partial charge in [0.25, 0.3) is 0 Å². The van der Waals surface area contributed by atoms with Crippen molar-refractivity contribution in [2.75, 3.05) is 23.9 Å². The summed E-state index contributed by atoms with van der Waals surface area (Å²) in [7, 11) is 0. The molecule has 2 rings (SSSR count). The molecular weight excluding hydrogens is 228 g/mol. The normalized spacial score (nSPS) is 22.0. The molecule has 1 aliphatic heterocycles. The van der Waals surface area contributed by atoms with Crippen LogP contribution in [0.2, 0.25) is 0 Å². The van der Waals surface area contributed by atoms with Crippen molar-refractivity contribution in [3.8, 4) is 0 Å². The van der Waals surface area contributed by atoms with E-state index in [0.29, 0.717) is 5.92 Å². The number of rotatable bonds is 3. The maximum atomic E-state index is 5.92. The Labute approximate surface area is 100 Å². The first-order valence-electron chi connectivity index (χ1n) is 5.58. The summed E-state index contributed by atoms with van der Waals surface area (Å²) in [5.74, 6) is 1.43. The van der Waals surface area contributed by atoms with Gasteiger partial charge in [0, 0.05) is 24.3 Å². The zero-order valence-electron chi connectivity index (χ0n) is 9.08. The van der Waals surface area contributed by atoms with Gasteiger partial charge in [0.05, 0.1) is 5.69 Å². The lowest BCUT2D eigenvalue weighted by Gasteiger charge is -2.31. The minimum absolute atomic E-state index is 0.648. The number of alkyl halides is 1. The highest BCUT2D eigenvalue weighted by molar-refractivity contribution is 7.13. The second kappa shape index (κ2) is 5.17. The average Bonchev–Trinajstić information content (AvgIpc) is 2.78. The molecule has 0 bridgehead atoms. The van der Waals surface area contributed by atoms with Crippen molar-refractivity contribution in [2.24, 2.45) is 5.92 Å². The number of hydrogen-bond donors (Lipinski definition) is 0. The molecule has 1 saturated heterocycles. The number of anilines is 1. The van der Waals surface area contributed by atoms with Gasteiger partial charge in [-0.3, -0.25) is 0 Å². The fourth-order valence-corrected chi connectivity index (χ4v) is 3.17. The predicted octanol–water partition coefficient (Wildman–Crippen LogP) is 3.16. The Kier molecular flexibility index (Phi) is 3.87. The molecule has 1 fully saturated rings. The van der Waals surface area contributed by atoms with Gasteiger partial charge in [-0.2, -0.15) is 0 Å². The third-order valence-corrected chi connectivity index (χ3v) is 4.30. The van der Waals surface area contributed by atoms with Gasteiger partial charge in [0.1, 0.15) is 0 Å². The van der Waals surface area contributed by atoms with Crippen LogP contribution in [0.4, 0.5) is 5.13 Å². The van der Waals surface area contributed by atoms with E-state index in [2.05, 4.69) is 22.2 Å². The third kappa shape index (κ3) is 2.64. The van der Waals surface area contributed by atoms with Crippen LogP contribution >= 0.6 is 22.9 Å². The van der Waals surface area contributed by atoms with Crippen molar-refractivity contribution in [3.05, 3.63) is 11.1 Å². The number of halogens is 1. The maximum absolute atomic E-state index is 5.92. The topological polar surface area (TPSA) is 16.1 Å². The van der Waals surface area contributed by atoms with Crippen molar-refractivity contribution < 1.29 is 0 Å². The number of hydrogen-bond acceptors (Lipinski definition) is 3. The molecule has 1 aromatic heterocycles. The molecule has 0 amide bonds. The molecule has 0 aliphatic carbocycles.